The predicted octanol–water partition coefficient (Wildman–Crippen LogP) is 1.82. The smallest absolute Gasteiger partial charge is 0.264 e. The molecule has 51 heavy (non-hydrogen) atoms. The molecule has 2 saturated heterocycles. The van der Waals surface area contributed by atoms with Crippen LogP contribution in [-0.2, 0) is 44.3 Å². The molecule has 12 nitrogen and oxygen atoms in total. The molecular weight excluding hydrogens is 648 g/mol. The standard InChI is InChI=1S/C39H44N6O6/c1-26(5-4-8-35(47)44-24-29-7-3-2-6-28(29)19-32(44)25-46)39(51)33-20-31(43-18-16-41-22-37(43)49)13-14-34(33)45(38(39)50)23-27-9-11-30(12-10-27)42-17-15-40-21-36(42)48/h2-7,9-14,20,26,32,40-41,46,51H,8,15-19,21-25H2,1H3/b5-4+/t26-,32-,39+/m0/s1. The summed E-state index contributed by atoms with van der Waals surface area (Å²) in [6, 6.07) is 20.4. The van der Waals surface area contributed by atoms with E-state index in [1.165, 1.54) is 0 Å². The second-order valence-electron chi connectivity index (χ2n) is 13.7. The second-order valence-corrected chi connectivity index (χ2v) is 13.7. The van der Waals surface area contributed by atoms with Crippen molar-refractivity contribution >= 4 is 40.7 Å². The fourth-order valence-electron chi connectivity index (χ4n) is 7.65. The van der Waals surface area contributed by atoms with Gasteiger partial charge in [0, 0.05) is 62.0 Å². The Labute approximate surface area is 297 Å². The number of hydrogen-bond acceptors (Lipinski definition) is 8. The monoisotopic (exact) mass is 692 g/mol. The molecule has 266 valence electrons. The van der Waals surface area contributed by atoms with Crippen LogP contribution in [-0.4, -0.2) is 90.7 Å². The van der Waals surface area contributed by atoms with Crippen LogP contribution in [0.2, 0.25) is 0 Å². The lowest BCUT2D eigenvalue weighted by Gasteiger charge is -2.36. The molecule has 0 saturated carbocycles. The van der Waals surface area contributed by atoms with Crippen LogP contribution in [0.4, 0.5) is 17.1 Å². The number of carbonyl (C=O) groups excluding carboxylic acids is 4. The van der Waals surface area contributed by atoms with Gasteiger partial charge < -0.3 is 40.4 Å². The number of aliphatic hydroxyl groups is 2. The zero-order chi connectivity index (χ0) is 35.7. The summed E-state index contributed by atoms with van der Waals surface area (Å²) in [5.41, 5.74) is 3.37. The van der Waals surface area contributed by atoms with E-state index >= 15 is 0 Å². The van der Waals surface area contributed by atoms with E-state index in [9.17, 15) is 29.4 Å². The summed E-state index contributed by atoms with van der Waals surface area (Å²) in [4.78, 5) is 59.7. The minimum Gasteiger partial charge on any atom is -0.394 e. The van der Waals surface area contributed by atoms with E-state index in [2.05, 4.69) is 10.6 Å². The molecule has 3 aromatic carbocycles. The number of rotatable bonds is 9. The minimum absolute atomic E-state index is 0.000276. The molecule has 4 amide bonds. The molecule has 0 aromatic heterocycles. The summed E-state index contributed by atoms with van der Waals surface area (Å²) in [5.74, 6) is -1.47. The Kier molecular flexibility index (Phi) is 9.75. The largest absolute Gasteiger partial charge is 0.394 e. The highest BCUT2D eigenvalue weighted by Crippen LogP contribution is 2.47. The lowest BCUT2D eigenvalue weighted by atomic mass is 9.82. The molecule has 4 aliphatic rings. The van der Waals surface area contributed by atoms with Crippen molar-refractivity contribution in [1.82, 2.24) is 15.5 Å². The molecule has 3 aromatic rings. The molecule has 0 radical (unpaired) electrons. The predicted molar refractivity (Wildman–Crippen MR) is 193 cm³/mol. The highest BCUT2D eigenvalue weighted by molar-refractivity contribution is 6.08. The Balaban J connectivity index is 1.14. The van der Waals surface area contributed by atoms with Crippen LogP contribution in [0.3, 0.4) is 0 Å². The van der Waals surface area contributed by atoms with Crippen molar-refractivity contribution in [2.24, 2.45) is 5.92 Å². The number of nitrogens with zero attached hydrogens (tertiary/aromatic N) is 4. The van der Waals surface area contributed by atoms with Gasteiger partial charge in [-0.3, -0.25) is 19.2 Å². The minimum atomic E-state index is -1.97. The number of piperazine rings is 2. The van der Waals surface area contributed by atoms with Gasteiger partial charge in [0.15, 0.2) is 5.60 Å². The number of aliphatic hydroxyl groups excluding tert-OH is 1. The van der Waals surface area contributed by atoms with Crippen LogP contribution in [0.15, 0.2) is 78.9 Å². The Morgan fingerprint density at radius 1 is 0.922 bits per heavy atom. The quantitative estimate of drug-likeness (QED) is 0.249. The second kappa shape index (κ2) is 14.4. The van der Waals surface area contributed by atoms with Crippen LogP contribution in [0.1, 0.15) is 35.6 Å². The molecule has 12 heteroatoms. The number of nitrogens with one attached hydrogen (secondary N) is 2. The van der Waals surface area contributed by atoms with E-state index in [0.29, 0.717) is 56.1 Å². The molecule has 4 aliphatic heterocycles. The summed E-state index contributed by atoms with van der Waals surface area (Å²) >= 11 is 0. The van der Waals surface area contributed by atoms with Crippen molar-refractivity contribution in [3.63, 3.8) is 0 Å². The number of carbonyl (C=O) groups is 4. The summed E-state index contributed by atoms with van der Waals surface area (Å²) < 4.78 is 0. The third-order valence-corrected chi connectivity index (χ3v) is 10.6. The fourth-order valence-corrected chi connectivity index (χ4v) is 7.65. The van der Waals surface area contributed by atoms with Gasteiger partial charge in [-0.1, -0.05) is 55.5 Å². The van der Waals surface area contributed by atoms with Crippen molar-refractivity contribution < 1.29 is 29.4 Å². The van der Waals surface area contributed by atoms with Crippen molar-refractivity contribution in [3.05, 3.63) is 101 Å². The first kappa shape index (κ1) is 34.6. The van der Waals surface area contributed by atoms with Crippen molar-refractivity contribution in [3.8, 4) is 0 Å². The molecular formula is C39H44N6O6. The highest BCUT2D eigenvalue weighted by atomic mass is 16.3. The van der Waals surface area contributed by atoms with Crippen LogP contribution in [0.25, 0.3) is 0 Å². The first-order chi connectivity index (χ1) is 24.7. The average molecular weight is 693 g/mol. The van der Waals surface area contributed by atoms with Gasteiger partial charge in [0.2, 0.25) is 17.7 Å². The Bertz CT molecular complexity index is 1860. The first-order valence-electron chi connectivity index (χ1n) is 17.6. The van der Waals surface area contributed by atoms with Crippen molar-refractivity contribution in [2.45, 2.75) is 44.5 Å². The van der Waals surface area contributed by atoms with Gasteiger partial charge in [0.1, 0.15) is 0 Å². The summed E-state index contributed by atoms with van der Waals surface area (Å²) in [6.07, 6.45) is 4.02. The maximum atomic E-state index is 14.4. The Morgan fingerprint density at radius 3 is 2.24 bits per heavy atom. The Hall–Kier alpha value is -4.88. The normalized spacial score (nSPS) is 22.8. The van der Waals surface area contributed by atoms with Gasteiger partial charge in [-0.05, 0) is 53.4 Å². The van der Waals surface area contributed by atoms with Crippen molar-refractivity contribution in [2.75, 3.05) is 60.6 Å². The van der Waals surface area contributed by atoms with Gasteiger partial charge in [-0.15, -0.1) is 0 Å². The molecule has 0 aliphatic carbocycles. The van der Waals surface area contributed by atoms with Crippen molar-refractivity contribution in [1.29, 1.82) is 0 Å². The summed E-state index contributed by atoms with van der Waals surface area (Å²) in [5, 5.41) is 28.6. The lowest BCUT2D eigenvalue weighted by molar-refractivity contribution is -0.139. The highest BCUT2D eigenvalue weighted by Gasteiger charge is 2.53. The maximum absolute atomic E-state index is 14.4. The Morgan fingerprint density at radius 2 is 1.57 bits per heavy atom. The number of benzene rings is 3. The van der Waals surface area contributed by atoms with E-state index in [-0.39, 0.29) is 56.4 Å². The van der Waals surface area contributed by atoms with E-state index in [1.807, 2.05) is 48.5 Å². The van der Waals surface area contributed by atoms with Crippen LogP contribution >= 0.6 is 0 Å². The summed E-state index contributed by atoms with van der Waals surface area (Å²) in [7, 11) is 0. The topological polar surface area (TPSA) is 146 Å². The van der Waals surface area contributed by atoms with Gasteiger partial charge in [-0.2, -0.15) is 0 Å². The van der Waals surface area contributed by atoms with Gasteiger partial charge in [0.05, 0.1) is 38.0 Å². The van der Waals surface area contributed by atoms with Gasteiger partial charge >= 0.3 is 0 Å². The molecule has 0 spiro atoms. The third-order valence-electron chi connectivity index (χ3n) is 10.6. The van der Waals surface area contributed by atoms with Gasteiger partial charge in [0.25, 0.3) is 5.91 Å². The SMILES string of the molecule is C[C@@H](/C=C/CC(=O)N1Cc2ccccc2C[C@H]1CO)[C@]1(O)C(=O)N(Cc2ccc(N3CCNCC3=O)cc2)c2ccc(N3CCNCC3=O)cc21. The third kappa shape index (κ3) is 6.56. The number of hydrogen-bond donors (Lipinski definition) is 4. The van der Waals surface area contributed by atoms with Crippen LogP contribution in [0, 0.1) is 5.92 Å². The van der Waals surface area contributed by atoms with E-state index in [0.717, 1.165) is 22.4 Å². The maximum Gasteiger partial charge on any atom is 0.264 e. The fraction of sp³-hybridized carbons (Fsp3) is 0.385. The molecule has 0 bridgehead atoms. The molecule has 4 N–H and O–H groups in total. The first-order valence-corrected chi connectivity index (χ1v) is 17.6. The van der Waals surface area contributed by atoms with Crippen LogP contribution in [0.5, 0.6) is 0 Å². The molecule has 3 atom stereocenters. The van der Waals surface area contributed by atoms with E-state index in [4.69, 9.17) is 0 Å². The molecule has 0 unspecified atom stereocenters. The number of fused-ring (bicyclic) bond motifs is 2. The molecule has 7 rings (SSSR count). The number of anilines is 3. The van der Waals surface area contributed by atoms with E-state index in [1.54, 1.807) is 56.9 Å². The zero-order valence-electron chi connectivity index (χ0n) is 28.8. The average Bonchev–Trinajstić information content (AvgIpc) is 3.36. The molecule has 2 fully saturated rings. The van der Waals surface area contributed by atoms with Crippen LogP contribution < -0.4 is 25.3 Å². The summed E-state index contributed by atoms with van der Waals surface area (Å²) in [6.45, 7) is 5.07. The number of amides is 4. The zero-order valence-corrected chi connectivity index (χ0v) is 28.8. The van der Waals surface area contributed by atoms with E-state index < -0.39 is 17.4 Å². The lowest BCUT2D eigenvalue weighted by Crippen LogP contribution is -2.48. The molecule has 4 heterocycles. The van der Waals surface area contributed by atoms with Gasteiger partial charge in [-0.25, -0.2) is 0 Å².